The molecule has 2 heterocycles. The highest BCUT2D eigenvalue weighted by atomic mass is 35.5. The number of amides is 1. The molecule has 2 aromatic carbocycles. The van der Waals surface area contributed by atoms with Gasteiger partial charge in [-0.1, -0.05) is 35.9 Å². The molecular formula is C24H21ClFN3O2S. The van der Waals surface area contributed by atoms with Crippen molar-refractivity contribution in [1.82, 2.24) is 9.78 Å². The van der Waals surface area contributed by atoms with E-state index in [1.165, 1.54) is 17.4 Å². The molecule has 4 aromatic rings. The number of carbonyl (C=O) groups is 1. The van der Waals surface area contributed by atoms with Gasteiger partial charge in [-0.05, 0) is 55.1 Å². The Morgan fingerprint density at radius 3 is 2.66 bits per heavy atom. The molecule has 0 saturated heterocycles. The van der Waals surface area contributed by atoms with E-state index in [9.17, 15) is 9.18 Å². The number of rotatable bonds is 7. The van der Waals surface area contributed by atoms with Gasteiger partial charge in [0.1, 0.15) is 6.61 Å². The van der Waals surface area contributed by atoms with Gasteiger partial charge in [-0.2, -0.15) is 5.10 Å². The molecule has 0 spiro atoms. The van der Waals surface area contributed by atoms with Crippen molar-refractivity contribution in [3.63, 3.8) is 0 Å². The van der Waals surface area contributed by atoms with Gasteiger partial charge < -0.3 is 10.1 Å². The molecule has 4 rings (SSSR count). The number of para-hydroxylation sites is 1. The molecular weight excluding hydrogens is 449 g/mol. The molecule has 0 radical (unpaired) electrons. The molecule has 0 aliphatic heterocycles. The molecule has 1 N–H and O–H groups in total. The minimum atomic E-state index is -0.415. The van der Waals surface area contributed by atoms with E-state index in [2.05, 4.69) is 10.4 Å². The number of thiophene rings is 1. The second-order valence-electron chi connectivity index (χ2n) is 7.32. The van der Waals surface area contributed by atoms with Crippen molar-refractivity contribution in [2.24, 2.45) is 0 Å². The van der Waals surface area contributed by atoms with Gasteiger partial charge >= 0.3 is 0 Å². The van der Waals surface area contributed by atoms with Crippen LogP contribution in [0.5, 0.6) is 5.75 Å². The first-order valence-electron chi connectivity index (χ1n) is 9.95. The Morgan fingerprint density at radius 2 is 1.91 bits per heavy atom. The molecule has 0 unspecified atom stereocenters. The van der Waals surface area contributed by atoms with Crippen LogP contribution in [-0.4, -0.2) is 15.7 Å². The van der Waals surface area contributed by atoms with Crippen LogP contribution in [0.1, 0.15) is 32.2 Å². The van der Waals surface area contributed by atoms with E-state index in [4.69, 9.17) is 16.3 Å². The van der Waals surface area contributed by atoms with E-state index in [0.717, 1.165) is 22.5 Å². The normalized spacial score (nSPS) is 10.9. The molecule has 0 aliphatic carbocycles. The molecule has 0 saturated carbocycles. The number of hydrogen-bond donors (Lipinski definition) is 1. The molecule has 0 bridgehead atoms. The minimum absolute atomic E-state index is 0.182. The first-order valence-corrected chi connectivity index (χ1v) is 11.2. The second-order valence-corrected chi connectivity index (χ2v) is 8.67. The van der Waals surface area contributed by atoms with E-state index < -0.39 is 5.82 Å². The van der Waals surface area contributed by atoms with Crippen LogP contribution in [0, 0.1) is 19.7 Å². The third kappa shape index (κ3) is 5.00. The molecule has 8 heteroatoms. The highest BCUT2D eigenvalue weighted by molar-refractivity contribution is 7.12. The standard InChI is InChI=1S/C24H21ClFN3O2S/c1-15-23(16(2)29(28-15)12-17-7-9-19(25)10-8-17)27-24(30)22-11-18(14-32-22)13-31-21-6-4-3-5-20(21)26/h3-11,14H,12-13H2,1-2H3,(H,27,30). The van der Waals surface area contributed by atoms with Crippen LogP contribution < -0.4 is 10.1 Å². The van der Waals surface area contributed by atoms with Crippen LogP contribution >= 0.6 is 22.9 Å². The van der Waals surface area contributed by atoms with Crippen LogP contribution in [0.15, 0.2) is 60.0 Å². The fourth-order valence-corrected chi connectivity index (χ4v) is 4.18. The number of anilines is 1. The SMILES string of the molecule is Cc1nn(Cc2ccc(Cl)cc2)c(C)c1NC(=O)c1cc(COc2ccccc2F)cs1. The molecule has 1 amide bonds. The summed E-state index contributed by atoms with van der Waals surface area (Å²) in [4.78, 5) is 13.4. The molecule has 0 atom stereocenters. The number of halogens is 2. The van der Waals surface area contributed by atoms with Gasteiger partial charge in [-0.3, -0.25) is 9.48 Å². The van der Waals surface area contributed by atoms with Crippen molar-refractivity contribution < 1.29 is 13.9 Å². The summed E-state index contributed by atoms with van der Waals surface area (Å²) in [7, 11) is 0. The third-order valence-electron chi connectivity index (χ3n) is 4.97. The van der Waals surface area contributed by atoms with Gasteiger partial charge in [-0.25, -0.2) is 4.39 Å². The molecule has 0 aliphatic rings. The third-order valence-corrected chi connectivity index (χ3v) is 6.20. The van der Waals surface area contributed by atoms with E-state index in [1.54, 1.807) is 24.3 Å². The summed E-state index contributed by atoms with van der Waals surface area (Å²) in [5.41, 5.74) is 4.17. The van der Waals surface area contributed by atoms with Crippen LogP contribution in [0.2, 0.25) is 5.02 Å². The smallest absolute Gasteiger partial charge is 0.265 e. The predicted octanol–water partition coefficient (Wildman–Crippen LogP) is 6.23. The summed E-state index contributed by atoms with van der Waals surface area (Å²) >= 11 is 7.27. The van der Waals surface area contributed by atoms with E-state index in [1.807, 2.05) is 48.2 Å². The lowest BCUT2D eigenvalue weighted by atomic mass is 10.2. The Kier molecular flexibility index (Phi) is 6.58. The average molecular weight is 470 g/mol. The lowest BCUT2D eigenvalue weighted by molar-refractivity contribution is 0.103. The monoisotopic (exact) mass is 469 g/mol. The Morgan fingerprint density at radius 1 is 1.16 bits per heavy atom. The lowest BCUT2D eigenvalue weighted by Gasteiger charge is -2.07. The van der Waals surface area contributed by atoms with Crippen LogP contribution in [0.3, 0.4) is 0 Å². The number of aryl methyl sites for hydroxylation is 1. The van der Waals surface area contributed by atoms with Gasteiger partial charge in [0.15, 0.2) is 11.6 Å². The van der Waals surface area contributed by atoms with Gasteiger partial charge in [0, 0.05) is 10.6 Å². The second kappa shape index (κ2) is 9.54. The lowest BCUT2D eigenvalue weighted by Crippen LogP contribution is -2.12. The number of carbonyl (C=O) groups excluding carboxylic acids is 1. The largest absolute Gasteiger partial charge is 0.486 e. The van der Waals surface area contributed by atoms with E-state index in [0.29, 0.717) is 22.1 Å². The van der Waals surface area contributed by atoms with Gasteiger partial charge in [0.25, 0.3) is 5.91 Å². The maximum Gasteiger partial charge on any atom is 0.265 e. The van der Waals surface area contributed by atoms with Crippen molar-refractivity contribution in [1.29, 1.82) is 0 Å². The van der Waals surface area contributed by atoms with Crippen molar-refractivity contribution in [3.8, 4) is 5.75 Å². The van der Waals surface area contributed by atoms with Crippen LogP contribution in [0.25, 0.3) is 0 Å². The molecule has 32 heavy (non-hydrogen) atoms. The van der Waals surface area contributed by atoms with Gasteiger partial charge in [0.2, 0.25) is 0 Å². The number of hydrogen-bond acceptors (Lipinski definition) is 4. The van der Waals surface area contributed by atoms with E-state index >= 15 is 0 Å². The zero-order valence-corrected chi connectivity index (χ0v) is 19.1. The van der Waals surface area contributed by atoms with Crippen molar-refractivity contribution in [3.05, 3.63) is 98.2 Å². The van der Waals surface area contributed by atoms with Crippen molar-refractivity contribution in [2.45, 2.75) is 27.0 Å². The van der Waals surface area contributed by atoms with E-state index in [-0.39, 0.29) is 18.3 Å². The van der Waals surface area contributed by atoms with Gasteiger partial charge in [-0.15, -0.1) is 11.3 Å². The maximum absolute atomic E-state index is 13.7. The quantitative estimate of drug-likeness (QED) is 0.349. The number of nitrogens with zero attached hydrogens (tertiary/aromatic N) is 2. The van der Waals surface area contributed by atoms with Crippen molar-refractivity contribution in [2.75, 3.05) is 5.32 Å². The van der Waals surface area contributed by atoms with Crippen molar-refractivity contribution >= 4 is 34.5 Å². The fraction of sp³-hybridized carbons (Fsp3) is 0.167. The molecule has 0 fully saturated rings. The Balaban J connectivity index is 1.42. The highest BCUT2D eigenvalue weighted by Crippen LogP contribution is 2.24. The average Bonchev–Trinajstić information content (AvgIpc) is 3.35. The summed E-state index contributed by atoms with van der Waals surface area (Å²) in [6, 6.07) is 15.6. The number of nitrogens with one attached hydrogen (secondary N) is 1. The first-order chi connectivity index (χ1) is 15.4. The van der Waals surface area contributed by atoms with Crippen LogP contribution in [0.4, 0.5) is 10.1 Å². The number of aromatic nitrogens is 2. The number of benzene rings is 2. The minimum Gasteiger partial charge on any atom is -0.486 e. The summed E-state index contributed by atoms with van der Waals surface area (Å²) in [6.45, 7) is 4.55. The van der Waals surface area contributed by atoms with Gasteiger partial charge in [0.05, 0.1) is 28.5 Å². The Bertz CT molecular complexity index is 1250. The number of ether oxygens (including phenoxy) is 1. The first kappa shape index (κ1) is 22.0. The Hall–Kier alpha value is -3.16. The molecule has 5 nitrogen and oxygen atoms in total. The predicted molar refractivity (Wildman–Crippen MR) is 125 cm³/mol. The molecule has 2 aromatic heterocycles. The zero-order valence-electron chi connectivity index (χ0n) is 17.6. The van der Waals surface area contributed by atoms with Crippen LogP contribution in [-0.2, 0) is 13.2 Å². The summed E-state index contributed by atoms with van der Waals surface area (Å²) < 4.78 is 21.1. The summed E-state index contributed by atoms with van der Waals surface area (Å²) in [6.07, 6.45) is 0. The molecule has 164 valence electrons. The topological polar surface area (TPSA) is 56.2 Å². The highest BCUT2D eigenvalue weighted by Gasteiger charge is 2.17. The fourth-order valence-electron chi connectivity index (χ4n) is 3.26. The summed E-state index contributed by atoms with van der Waals surface area (Å²) in [5.74, 6) is -0.448. The summed E-state index contributed by atoms with van der Waals surface area (Å²) in [5, 5.41) is 10.1. The zero-order chi connectivity index (χ0) is 22.7. The maximum atomic E-state index is 13.7. The Labute approximate surface area is 194 Å².